The van der Waals surface area contributed by atoms with Gasteiger partial charge in [0.05, 0.1) is 27.0 Å². The monoisotopic (exact) mass is 419 g/mol. The molecule has 3 rings (SSSR count). The van der Waals surface area contributed by atoms with E-state index in [0.717, 1.165) is 22.0 Å². The summed E-state index contributed by atoms with van der Waals surface area (Å²) in [5.74, 6) is 1.15. The van der Waals surface area contributed by atoms with E-state index in [1.54, 1.807) is 50.6 Å². The Bertz CT molecular complexity index is 1050. The Morgan fingerprint density at radius 3 is 2.32 bits per heavy atom. The van der Waals surface area contributed by atoms with Crippen LogP contribution < -0.4 is 19.7 Å². The third kappa shape index (κ3) is 5.71. The summed E-state index contributed by atoms with van der Waals surface area (Å²) in [5, 5.41) is 2.89. The van der Waals surface area contributed by atoms with E-state index in [9.17, 15) is 9.59 Å². The molecule has 0 aromatic heterocycles. The summed E-state index contributed by atoms with van der Waals surface area (Å²) in [7, 11) is 5.15. The summed E-state index contributed by atoms with van der Waals surface area (Å²) in [6.07, 6.45) is 0. The molecular formula is C25H27N2O4+. The van der Waals surface area contributed by atoms with E-state index in [2.05, 4.69) is 5.32 Å². The molecule has 6 heteroatoms. The lowest BCUT2D eigenvalue weighted by Gasteiger charge is -2.17. The van der Waals surface area contributed by atoms with Crippen molar-refractivity contribution in [3.8, 4) is 11.5 Å². The van der Waals surface area contributed by atoms with Crippen molar-refractivity contribution in [3.63, 3.8) is 0 Å². The van der Waals surface area contributed by atoms with Crippen LogP contribution in [0.4, 0.5) is 5.69 Å². The number of benzene rings is 3. The van der Waals surface area contributed by atoms with E-state index < -0.39 is 0 Å². The summed E-state index contributed by atoms with van der Waals surface area (Å²) >= 11 is 0. The number of quaternary nitrogens is 1. The van der Waals surface area contributed by atoms with Crippen LogP contribution in [0.2, 0.25) is 0 Å². The number of likely N-dealkylation sites (N-methyl/N-ethyl adjacent to an activating group) is 1. The molecule has 160 valence electrons. The van der Waals surface area contributed by atoms with E-state index in [-0.39, 0.29) is 18.2 Å². The van der Waals surface area contributed by atoms with Gasteiger partial charge in [0.15, 0.2) is 12.3 Å². The number of amides is 1. The molecule has 0 fully saturated rings. The van der Waals surface area contributed by atoms with Gasteiger partial charge in [-0.2, -0.15) is 0 Å². The Morgan fingerprint density at radius 1 is 0.903 bits per heavy atom. The number of ketones is 1. The molecule has 0 heterocycles. The van der Waals surface area contributed by atoms with E-state index in [1.165, 1.54) is 0 Å². The number of hydrogen-bond acceptors (Lipinski definition) is 4. The second-order valence-corrected chi connectivity index (χ2v) is 7.28. The average molecular weight is 420 g/mol. The van der Waals surface area contributed by atoms with Gasteiger partial charge in [0.25, 0.3) is 5.91 Å². The van der Waals surface area contributed by atoms with Gasteiger partial charge in [-0.15, -0.1) is 0 Å². The Balaban J connectivity index is 1.67. The number of methoxy groups -OCH3 is 2. The zero-order valence-electron chi connectivity index (χ0n) is 18.0. The van der Waals surface area contributed by atoms with Gasteiger partial charge in [0.2, 0.25) is 0 Å². The van der Waals surface area contributed by atoms with Crippen molar-refractivity contribution in [2.45, 2.75) is 6.54 Å². The highest BCUT2D eigenvalue weighted by atomic mass is 16.5. The molecule has 0 saturated carbocycles. The Hall–Kier alpha value is -3.64. The van der Waals surface area contributed by atoms with Crippen LogP contribution in [0.25, 0.3) is 0 Å². The highest BCUT2D eigenvalue weighted by Crippen LogP contribution is 2.24. The Labute approximate surface area is 182 Å². The largest absolute Gasteiger partial charge is 0.497 e. The third-order valence-electron chi connectivity index (χ3n) is 4.93. The molecule has 0 saturated heterocycles. The summed E-state index contributed by atoms with van der Waals surface area (Å²) < 4.78 is 10.7. The van der Waals surface area contributed by atoms with Gasteiger partial charge in [-0.3, -0.25) is 9.59 Å². The minimum atomic E-state index is -0.168. The number of rotatable bonds is 9. The maximum absolute atomic E-state index is 12.9. The Kier molecular flexibility index (Phi) is 7.40. The number of carbonyl (C=O) groups excluding carboxylic acids is 2. The minimum absolute atomic E-state index is 0.125. The molecule has 31 heavy (non-hydrogen) atoms. The predicted molar refractivity (Wildman–Crippen MR) is 120 cm³/mol. The van der Waals surface area contributed by atoms with Crippen molar-refractivity contribution < 1.29 is 24.0 Å². The maximum atomic E-state index is 12.9. The lowest BCUT2D eigenvalue weighted by Crippen LogP contribution is -3.08. The SMILES string of the molecule is COc1ccc(C[NH+](C)CC(=O)Nc2ccccc2C(=O)c2ccccc2)c(OC)c1. The smallest absolute Gasteiger partial charge is 0.279 e. The standard InChI is InChI=1S/C25H26N2O4/c1-27(16-19-13-14-20(30-2)15-23(19)31-3)17-24(28)26-22-12-8-7-11-21(22)25(29)18-9-5-4-6-10-18/h4-15H,16-17H2,1-3H3,(H,26,28)/p+1. The van der Waals surface area contributed by atoms with Crippen LogP contribution in [0.3, 0.4) is 0 Å². The normalized spacial score (nSPS) is 11.5. The number of hydrogen-bond donors (Lipinski definition) is 2. The van der Waals surface area contributed by atoms with Crippen molar-refractivity contribution >= 4 is 17.4 Å². The van der Waals surface area contributed by atoms with Gasteiger partial charge in [0.1, 0.15) is 18.0 Å². The molecule has 0 spiro atoms. The fraction of sp³-hybridized carbons (Fsp3) is 0.200. The number of para-hydroxylation sites is 1. The van der Waals surface area contributed by atoms with E-state index in [1.807, 2.05) is 43.4 Å². The van der Waals surface area contributed by atoms with E-state index >= 15 is 0 Å². The molecule has 6 nitrogen and oxygen atoms in total. The molecule has 0 aliphatic carbocycles. The zero-order chi connectivity index (χ0) is 22.2. The lowest BCUT2D eigenvalue weighted by molar-refractivity contribution is -0.885. The van der Waals surface area contributed by atoms with Crippen molar-refractivity contribution in [3.05, 3.63) is 89.5 Å². The first-order valence-corrected chi connectivity index (χ1v) is 10.0. The highest BCUT2D eigenvalue weighted by Gasteiger charge is 2.18. The molecule has 0 bridgehead atoms. The molecule has 1 amide bonds. The van der Waals surface area contributed by atoms with E-state index in [4.69, 9.17) is 9.47 Å². The van der Waals surface area contributed by atoms with Crippen LogP contribution >= 0.6 is 0 Å². The first-order chi connectivity index (χ1) is 15.0. The fourth-order valence-corrected chi connectivity index (χ4v) is 3.39. The van der Waals surface area contributed by atoms with Crippen molar-refractivity contribution in [2.75, 3.05) is 33.1 Å². The topological polar surface area (TPSA) is 69.1 Å². The van der Waals surface area contributed by atoms with Crippen LogP contribution in [-0.4, -0.2) is 39.5 Å². The quantitative estimate of drug-likeness (QED) is 0.523. The lowest BCUT2D eigenvalue weighted by atomic mass is 10.0. The molecular weight excluding hydrogens is 392 g/mol. The van der Waals surface area contributed by atoms with Crippen molar-refractivity contribution in [1.29, 1.82) is 0 Å². The summed E-state index contributed by atoms with van der Waals surface area (Å²) in [6.45, 7) is 0.841. The molecule has 1 atom stereocenters. The highest BCUT2D eigenvalue weighted by molar-refractivity contribution is 6.13. The number of anilines is 1. The maximum Gasteiger partial charge on any atom is 0.279 e. The number of nitrogens with one attached hydrogen (secondary N) is 2. The van der Waals surface area contributed by atoms with Crippen LogP contribution in [0.5, 0.6) is 11.5 Å². The van der Waals surface area contributed by atoms with Crippen LogP contribution in [0, 0.1) is 0 Å². The first-order valence-electron chi connectivity index (χ1n) is 10.0. The fourth-order valence-electron chi connectivity index (χ4n) is 3.39. The zero-order valence-corrected chi connectivity index (χ0v) is 18.0. The van der Waals surface area contributed by atoms with Crippen molar-refractivity contribution in [1.82, 2.24) is 0 Å². The van der Waals surface area contributed by atoms with Gasteiger partial charge in [-0.25, -0.2) is 0 Å². The first kappa shape index (κ1) is 22.1. The minimum Gasteiger partial charge on any atom is -0.497 e. The van der Waals surface area contributed by atoms with Crippen LogP contribution in [0.1, 0.15) is 21.5 Å². The number of carbonyl (C=O) groups is 2. The number of ether oxygens (including phenoxy) is 2. The van der Waals surface area contributed by atoms with Gasteiger partial charge in [-0.05, 0) is 24.3 Å². The predicted octanol–water partition coefficient (Wildman–Crippen LogP) is 2.59. The molecule has 2 N–H and O–H groups in total. The average Bonchev–Trinajstić information content (AvgIpc) is 2.79. The third-order valence-corrected chi connectivity index (χ3v) is 4.93. The van der Waals surface area contributed by atoms with Gasteiger partial charge in [0, 0.05) is 22.8 Å². The second-order valence-electron chi connectivity index (χ2n) is 7.28. The summed E-state index contributed by atoms with van der Waals surface area (Å²) in [4.78, 5) is 26.5. The van der Waals surface area contributed by atoms with Gasteiger partial charge < -0.3 is 19.7 Å². The molecule has 3 aromatic carbocycles. The molecule has 0 radical (unpaired) electrons. The van der Waals surface area contributed by atoms with Crippen LogP contribution in [-0.2, 0) is 11.3 Å². The Morgan fingerprint density at radius 2 is 1.61 bits per heavy atom. The van der Waals surface area contributed by atoms with Gasteiger partial charge in [-0.1, -0.05) is 42.5 Å². The van der Waals surface area contributed by atoms with Crippen molar-refractivity contribution in [2.24, 2.45) is 0 Å². The molecule has 0 aliphatic heterocycles. The molecule has 1 unspecified atom stereocenters. The molecule has 3 aromatic rings. The summed E-state index contributed by atoms with van der Waals surface area (Å²) in [5.41, 5.74) is 2.54. The summed E-state index contributed by atoms with van der Waals surface area (Å²) in [6, 6.07) is 21.7. The molecule has 0 aliphatic rings. The van der Waals surface area contributed by atoms with Gasteiger partial charge >= 0.3 is 0 Å². The van der Waals surface area contributed by atoms with E-state index in [0.29, 0.717) is 23.4 Å². The second kappa shape index (κ2) is 10.4. The van der Waals surface area contributed by atoms with Crippen LogP contribution in [0.15, 0.2) is 72.8 Å².